The van der Waals surface area contributed by atoms with E-state index in [9.17, 15) is 4.57 Å². The summed E-state index contributed by atoms with van der Waals surface area (Å²) in [6, 6.07) is 17.1. The average Bonchev–Trinajstić information content (AvgIpc) is 2.83. The molecule has 0 aromatic heterocycles. The minimum absolute atomic E-state index is 0.0640. The molecule has 3 aromatic carbocycles. The minimum Gasteiger partial charge on any atom is -0.314 e. The van der Waals surface area contributed by atoms with Crippen LogP contribution in [0.2, 0.25) is 0 Å². The molecule has 0 radical (unpaired) electrons. The number of hydrogen-bond acceptors (Lipinski definition) is 3. The van der Waals surface area contributed by atoms with Gasteiger partial charge >= 0.3 is 0 Å². The lowest BCUT2D eigenvalue weighted by Crippen LogP contribution is -2.46. The van der Waals surface area contributed by atoms with Gasteiger partial charge in [0.25, 0.3) is 0 Å². The van der Waals surface area contributed by atoms with E-state index in [1.165, 1.54) is 11.1 Å². The lowest BCUT2D eigenvalue weighted by atomic mass is 9.86. The fourth-order valence-corrected chi connectivity index (χ4v) is 11.7. The van der Waals surface area contributed by atoms with Crippen molar-refractivity contribution >= 4 is 52.7 Å². The van der Waals surface area contributed by atoms with Crippen LogP contribution < -0.4 is 26.1 Å². The van der Waals surface area contributed by atoms with Crippen LogP contribution in [0.5, 0.6) is 0 Å². The minimum atomic E-state index is -3.19. The maximum atomic E-state index is 15.6. The molecular formula is C32H42N2O2P2. The number of hydrogen-bond donors (Lipinski definition) is 0. The van der Waals surface area contributed by atoms with E-state index in [1.54, 1.807) is 0 Å². The Kier molecular flexibility index (Phi) is 6.28. The molecule has 0 bridgehead atoms. The van der Waals surface area contributed by atoms with Gasteiger partial charge in [-0.1, -0.05) is 67.5 Å². The van der Waals surface area contributed by atoms with Gasteiger partial charge in [0.15, 0.2) is 0 Å². The molecule has 4 nitrogen and oxygen atoms in total. The Balaban J connectivity index is 1.99. The first kappa shape index (κ1) is 27.4. The van der Waals surface area contributed by atoms with Crippen molar-refractivity contribution in [3.05, 3.63) is 65.2 Å². The second-order valence-corrected chi connectivity index (χ2v) is 18.5. The number of fused-ring (bicyclic) bond motifs is 4. The molecule has 0 aliphatic carbocycles. The summed E-state index contributed by atoms with van der Waals surface area (Å²) in [6.07, 6.45) is 0. The van der Waals surface area contributed by atoms with E-state index in [0.29, 0.717) is 13.1 Å². The van der Waals surface area contributed by atoms with Crippen molar-refractivity contribution in [1.82, 2.24) is 4.67 Å². The first-order chi connectivity index (χ1) is 17.6. The van der Waals surface area contributed by atoms with Crippen LogP contribution in [-0.2, 0) is 20.0 Å². The zero-order valence-corrected chi connectivity index (χ0v) is 26.4. The molecule has 2 aliphatic heterocycles. The van der Waals surface area contributed by atoms with Crippen LogP contribution in [0.4, 0.5) is 17.1 Å². The lowest BCUT2D eigenvalue weighted by molar-refractivity contribution is 0.458. The average molecular weight is 549 g/mol. The topological polar surface area (TPSA) is 40.6 Å². The molecule has 5 rings (SSSR count). The smallest absolute Gasteiger partial charge is 0.211 e. The van der Waals surface area contributed by atoms with Gasteiger partial charge in [-0.15, -0.1) is 0 Å². The fourth-order valence-electron chi connectivity index (χ4n) is 6.04. The monoisotopic (exact) mass is 548 g/mol. The van der Waals surface area contributed by atoms with E-state index in [0.717, 1.165) is 43.8 Å². The van der Waals surface area contributed by atoms with Gasteiger partial charge in [0.05, 0.1) is 27.7 Å². The SMILES string of the molecule is CCN(CC)P1(=O)c2ccc(C(C)(C)C)cc2N2c3cc(C(C)(C)C)ccc3P(C)(=O)c3cc(C)cc1c32. The van der Waals surface area contributed by atoms with E-state index in [4.69, 9.17) is 0 Å². The molecule has 6 heteroatoms. The maximum absolute atomic E-state index is 15.6. The van der Waals surface area contributed by atoms with Crippen molar-refractivity contribution in [3.63, 3.8) is 0 Å². The number of nitrogens with zero attached hydrogens (tertiary/aromatic N) is 2. The van der Waals surface area contributed by atoms with Gasteiger partial charge in [0, 0.05) is 23.7 Å². The quantitative estimate of drug-likeness (QED) is 0.325. The number of aryl methyl sites for hydroxylation is 1. The zero-order valence-electron chi connectivity index (χ0n) is 24.6. The highest BCUT2D eigenvalue weighted by atomic mass is 31.2. The summed E-state index contributed by atoms with van der Waals surface area (Å²) in [7, 11) is -6.14. The second kappa shape index (κ2) is 8.69. The van der Waals surface area contributed by atoms with Crippen LogP contribution in [0.25, 0.3) is 0 Å². The third-order valence-corrected chi connectivity index (χ3v) is 14.2. The molecule has 0 saturated carbocycles. The molecular weight excluding hydrogens is 506 g/mol. The second-order valence-electron chi connectivity index (χ2n) is 13.0. The molecule has 38 heavy (non-hydrogen) atoms. The Labute approximate surface area is 229 Å². The van der Waals surface area contributed by atoms with Crippen molar-refractivity contribution in [2.75, 3.05) is 24.7 Å². The third-order valence-electron chi connectivity index (χ3n) is 8.30. The molecule has 2 aliphatic rings. The summed E-state index contributed by atoms with van der Waals surface area (Å²) in [4.78, 5) is 2.29. The Morgan fingerprint density at radius 3 is 1.68 bits per heavy atom. The van der Waals surface area contributed by atoms with Gasteiger partial charge in [-0.25, -0.2) is 4.67 Å². The Hall–Kier alpha value is -2.12. The highest BCUT2D eigenvalue weighted by molar-refractivity contribution is 7.80. The number of rotatable bonds is 3. The fraction of sp³-hybridized carbons (Fsp3) is 0.438. The summed E-state index contributed by atoms with van der Waals surface area (Å²) in [6.45, 7) is 22.7. The summed E-state index contributed by atoms with van der Waals surface area (Å²) in [5.74, 6) is 0. The zero-order chi connectivity index (χ0) is 28.0. The predicted molar refractivity (Wildman–Crippen MR) is 166 cm³/mol. The van der Waals surface area contributed by atoms with Crippen LogP contribution in [0.15, 0.2) is 48.5 Å². The van der Waals surface area contributed by atoms with E-state index in [-0.39, 0.29) is 10.8 Å². The van der Waals surface area contributed by atoms with Crippen LogP contribution in [-0.4, -0.2) is 24.4 Å². The van der Waals surface area contributed by atoms with Crippen molar-refractivity contribution in [1.29, 1.82) is 0 Å². The Bertz CT molecular complexity index is 1550. The van der Waals surface area contributed by atoms with Gasteiger partial charge < -0.3 is 9.46 Å². The molecule has 0 N–H and O–H groups in total. The lowest BCUT2D eigenvalue weighted by Gasteiger charge is -2.46. The number of anilines is 3. The first-order valence-corrected chi connectivity index (χ1v) is 17.6. The third kappa shape index (κ3) is 3.82. The molecule has 0 fully saturated rings. The van der Waals surface area contributed by atoms with Crippen molar-refractivity contribution in [3.8, 4) is 0 Å². The summed E-state index contributed by atoms with van der Waals surface area (Å²) in [5.41, 5.74) is 6.03. The van der Waals surface area contributed by atoms with Crippen molar-refractivity contribution < 1.29 is 9.13 Å². The van der Waals surface area contributed by atoms with E-state index >= 15 is 4.57 Å². The molecule has 3 aromatic rings. The number of benzene rings is 3. The Morgan fingerprint density at radius 1 is 0.711 bits per heavy atom. The summed E-state index contributed by atoms with van der Waals surface area (Å²) in [5, 5.41) is 3.39. The van der Waals surface area contributed by atoms with Gasteiger partial charge in [-0.2, -0.15) is 0 Å². The van der Waals surface area contributed by atoms with Crippen LogP contribution >= 0.6 is 14.4 Å². The summed E-state index contributed by atoms with van der Waals surface area (Å²) >= 11 is 0. The van der Waals surface area contributed by atoms with Gasteiger partial charge in [0.1, 0.15) is 7.14 Å². The molecule has 0 spiro atoms. The highest BCUT2D eigenvalue weighted by Gasteiger charge is 2.49. The molecule has 202 valence electrons. The Morgan fingerprint density at radius 2 is 1.18 bits per heavy atom. The molecule has 2 heterocycles. The standard InChI is InChI=1S/C32H42N2O2P2/c1-11-33(12-2)38(36)27-16-14-23(32(7,8)9)20-25(27)34-24-19-22(31(4,5)6)13-15-26(24)37(10,35)28-17-21(3)18-29(38)30(28)34/h13-20H,11-12H2,1-10H3. The summed E-state index contributed by atoms with van der Waals surface area (Å²) < 4.78 is 32.4. The largest absolute Gasteiger partial charge is 0.314 e. The van der Waals surface area contributed by atoms with E-state index < -0.39 is 14.4 Å². The van der Waals surface area contributed by atoms with Crippen molar-refractivity contribution in [2.24, 2.45) is 0 Å². The van der Waals surface area contributed by atoms with Gasteiger partial charge in [-0.05, 0) is 77.5 Å². The highest BCUT2D eigenvalue weighted by Crippen LogP contribution is 2.61. The van der Waals surface area contributed by atoms with Crippen LogP contribution in [0, 0.1) is 6.92 Å². The van der Waals surface area contributed by atoms with E-state index in [2.05, 4.69) is 113 Å². The van der Waals surface area contributed by atoms with Gasteiger partial charge in [0.2, 0.25) is 7.29 Å². The maximum Gasteiger partial charge on any atom is 0.211 e. The van der Waals surface area contributed by atoms with Crippen molar-refractivity contribution in [2.45, 2.75) is 73.1 Å². The normalized spacial score (nSPS) is 22.2. The van der Waals surface area contributed by atoms with E-state index in [1.807, 2.05) is 13.6 Å². The van der Waals surface area contributed by atoms with Crippen LogP contribution in [0.3, 0.4) is 0 Å². The molecule has 2 atom stereocenters. The molecule has 0 amide bonds. The van der Waals surface area contributed by atoms with Crippen LogP contribution in [0.1, 0.15) is 72.1 Å². The molecule has 2 unspecified atom stereocenters. The molecule has 0 saturated heterocycles. The first-order valence-electron chi connectivity index (χ1n) is 13.8. The van der Waals surface area contributed by atoms with Gasteiger partial charge in [-0.3, -0.25) is 4.57 Å². The predicted octanol–water partition coefficient (Wildman–Crippen LogP) is 7.20.